The van der Waals surface area contributed by atoms with E-state index in [1.807, 2.05) is 6.92 Å². The van der Waals surface area contributed by atoms with Gasteiger partial charge in [-0.25, -0.2) is 0 Å². The van der Waals surface area contributed by atoms with Gasteiger partial charge in [0.15, 0.2) is 0 Å². The van der Waals surface area contributed by atoms with Crippen molar-refractivity contribution in [1.82, 2.24) is 5.32 Å². The lowest BCUT2D eigenvalue weighted by molar-refractivity contribution is 0.00560. The second-order valence-corrected chi connectivity index (χ2v) is 5.02. The van der Waals surface area contributed by atoms with Crippen LogP contribution in [0, 0.1) is 0 Å². The van der Waals surface area contributed by atoms with Crippen LogP contribution < -0.4 is 5.32 Å². The topological polar surface area (TPSA) is 50.7 Å². The predicted molar refractivity (Wildman–Crippen MR) is 72.8 cm³/mol. The molecule has 0 spiro atoms. The maximum Gasteiger partial charge on any atom is 0.0897 e. The van der Waals surface area contributed by atoms with Crippen LogP contribution in [0.25, 0.3) is 0 Å². The van der Waals surface area contributed by atoms with E-state index in [2.05, 4.69) is 5.32 Å². The summed E-state index contributed by atoms with van der Waals surface area (Å²) in [7, 11) is 0. The number of hydrogen-bond acceptors (Lipinski definition) is 4. The molecule has 0 aromatic heterocycles. The molecule has 0 heterocycles. The fraction of sp³-hybridized carbons (Fsp3) is 1.00. The molecule has 1 aliphatic carbocycles. The van der Waals surface area contributed by atoms with Gasteiger partial charge in [0.2, 0.25) is 0 Å². The van der Waals surface area contributed by atoms with Gasteiger partial charge in [-0.2, -0.15) is 0 Å². The summed E-state index contributed by atoms with van der Waals surface area (Å²) < 4.78 is 10.5. The third-order valence-corrected chi connectivity index (χ3v) is 3.38. The van der Waals surface area contributed by atoms with Crippen molar-refractivity contribution in [2.24, 2.45) is 0 Å². The average Bonchev–Trinajstić information content (AvgIpc) is 2.64. The molecular formula is C14H29NO3. The van der Waals surface area contributed by atoms with Crippen LogP contribution in [0.4, 0.5) is 0 Å². The number of aliphatic hydroxyl groups excluding tert-OH is 1. The summed E-state index contributed by atoms with van der Waals surface area (Å²) in [5, 5.41) is 13.2. The highest BCUT2D eigenvalue weighted by molar-refractivity contribution is 4.72. The molecule has 1 atom stereocenters. The first-order valence-corrected chi connectivity index (χ1v) is 7.40. The van der Waals surface area contributed by atoms with Gasteiger partial charge < -0.3 is 19.9 Å². The lowest BCUT2D eigenvalue weighted by Gasteiger charge is -2.19. The molecule has 0 aromatic rings. The molecule has 108 valence electrons. The lowest BCUT2D eigenvalue weighted by atomic mass is 10.1. The molecule has 1 fully saturated rings. The fourth-order valence-electron chi connectivity index (χ4n) is 2.33. The van der Waals surface area contributed by atoms with Crippen molar-refractivity contribution >= 4 is 0 Å². The number of aliphatic hydroxyl groups is 1. The van der Waals surface area contributed by atoms with E-state index in [9.17, 15) is 5.11 Å². The second-order valence-electron chi connectivity index (χ2n) is 5.02. The standard InChI is InChI=1S/C14H29NO3/c1-2-17-9-10-18-12-14(16)11-15-13-7-5-3-4-6-8-13/h13-16H,2-12H2,1H3. The van der Waals surface area contributed by atoms with Gasteiger partial charge in [-0.15, -0.1) is 0 Å². The Kier molecular flexibility index (Phi) is 9.48. The number of rotatable bonds is 9. The van der Waals surface area contributed by atoms with Gasteiger partial charge >= 0.3 is 0 Å². The summed E-state index contributed by atoms with van der Waals surface area (Å²) >= 11 is 0. The summed E-state index contributed by atoms with van der Waals surface area (Å²) in [5.41, 5.74) is 0. The summed E-state index contributed by atoms with van der Waals surface area (Å²) in [5.74, 6) is 0. The van der Waals surface area contributed by atoms with E-state index in [4.69, 9.17) is 9.47 Å². The Morgan fingerprint density at radius 2 is 1.78 bits per heavy atom. The maximum atomic E-state index is 9.78. The zero-order valence-corrected chi connectivity index (χ0v) is 11.7. The molecule has 4 nitrogen and oxygen atoms in total. The number of hydrogen-bond donors (Lipinski definition) is 2. The lowest BCUT2D eigenvalue weighted by Crippen LogP contribution is -2.37. The molecule has 1 unspecified atom stereocenters. The first-order valence-electron chi connectivity index (χ1n) is 7.40. The van der Waals surface area contributed by atoms with Gasteiger partial charge in [0.05, 0.1) is 25.9 Å². The van der Waals surface area contributed by atoms with Gasteiger partial charge in [0.25, 0.3) is 0 Å². The van der Waals surface area contributed by atoms with Gasteiger partial charge in [0, 0.05) is 19.2 Å². The smallest absolute Gasteiger partial charge is 0.0897 e. The zero-order chi connectivity index (χ0) is 13.1. The fourth-order valence-corrected chi connectivity index (χ4v) is 2.33. The minimum absolute atomic E-state index is 0.396. The molecule has 0 bridgehead atoms. The van der Waals surface area contributed by atoms with E-state index in [0.717, 1.165) is 6.61 Å². The summed E-state index contributed by atoms with van der Waals surface area (Å²) in [6.07, 6.45) is 7.45. The van der Waals surface area contributed by atoms with Crippen LogP contribution in [0.2, 0.25) is 0 Å². The highest BCUT2D eigenvalue weighted by Gasteiger charge is 2.13. The Morgan fingerprint density at radius 1 is 1.11 bits per heavy atom. The SMILES string of the molecule is CCOCCOCC(O)CNC1CCCCCC1. The van der Waals surface area contributed by atoms with Crippen LogP contribution in [0.3, 0.4) is 0 Å². The van der Waals surface area contributed by atoms with E-state index >= 15 is 0 Å². The van der Waals surface area contributed by atoms with Crippen molar-refractivity contribution in [3.63, 3.8) is 0 Å². The third kappa shape index (κ3) is 8.03. The molecule has 0 saturated heterocycles. The van der Waals surface area contributed by atoms with Gasteiger partial charge in [-0.3, -0.25) is 0 Å². The minimum Gasteiger partial charge on any atom is -0.389 e. The van der Waals surface area contributed by atoms with E-state index in [0.29, 0.717) is 32.4 Å². The van der Waals surface area contributed by atoms with Crippen LogP contribution >= 0.6 is 0 Å². The molecule has 0 aliphatic heterocycles. The van der Waals surface area contributed by atoms with Crippen LogP contribution in [-0.4, -0.2) is 50.2 Å². The van der Waals surface area contributed by atoms with E-state index in [1.165, 1.54) is 38.5 Å². The normalized spacial score (nSPS) is 19.7. The van der Waals surface area contributed by atoms with Gasteiger partial charge in [0.1, 0.15) is 0 Å². The Balaban J connectivity index is 1.96. The van der Waals surface area contributed by atoms with Crippen molar-refractivity contribution in [3.8, 4) is 0 Å². The zero-order valence-electron chi connectivity index (χ0n) is 11.7. The van der Waals surface area contributed by atoms with Crippen molar-refractivity contribution in [1.29, 1.82) is 0 Å². The predicted octanol–water partition coefficient (Wildman–Crippen LogP) is 1.71. The quantitative estimate of drug-likeness (QED) is 0.489. The van der Waals surface area contributed by atoms with Crippen molar-refractivity contribution in [3.05, 3.63) is 0 Å². The Labute approximate surface area is 111 Å². The minimum atomic E-state index is -0.408. The molecule has 4 heteroatoms. The highest BCUT2D eigenvalue weighted by atomic mass is 16.5. The Hall–Kier alpha value is -0.160. The molecule has 1 aliphatic rings. The average molecular weight is 259 g/mol. The molecule has 0 radical (unpaired) electrons. The molecule has 0 aromatic carbocycles. The van der Waals surface area contributed by atoms with Crippen LogP contribution in [0.5, 0.6) is 0 Å². The molecule has 18 heavy (non-hydrogen) atoms. The molecule has 2 N–H and O–H groups in total. The van der Waals surface area contributed by atoms with E-state index < -0.39 is 6.10 Å². The monoisotopic (exact) mass is 259 g/mol. The highest BCUT2D eigenvalue weighted by Crippen LogP contribution is 2.16. The Morgan fingerprint density at radius 3 is 2.44 bits per heavy atom. The largest absolute Gasteiger partial charge is 0.389 e. The number of ether oxygens (including phenoxy) is 2. The molecule has 0 amide bonds. The molecule has 1 rings (SSSR count). The van der Waals surface area contributed by atoms with Crippen LogP contribution in [0.15, 0.2) is 0 Å². The van der Waals surface area contributed by atoms with E-state index in [1.54, 1.807) is 0 Å². The second kappa shape index (κ2) is 10.7. The summed E-state index contributed by atoms with van der Waals surface area (Å²) in [4.78, 5) is 0. The van der Waals surface area contributed by atoms with Gasteiger partial charge in [-0.1, -0.05) is 25.7 Å². The first-order chi connectivity index (χ1) is 8.83. The van der Waals surface area contributed by atoms with Gasteiger partial charge in [-0.05, 0) is 19.8 Å². The number of nitrogens with one attached hydrogen (secondary N) is 1. The van der Waals surface area contributed by atoms with Crippen molar-refractivity contribution < 1.29 is 14.6 Å². The molecule has 1 saturated carbocycles. The van der Waals surface area contributed by atoms with E-state index in [-0.39, 0.29) is 0 Å². The Bertz CT molecular complexity index is 182. The first kappa shape index (κ1) is 15.9. The third-order valence-electron chi connectivity index (χ3n) is 3.38. The van der Waals surface area contributed by atoms with Crippen molar-refractivity contribution in [2.45, 2.75) is 57.6 Å². The summed E-state index contributed by atoms with van der Waals surface area (Å²) in [6, 6.07) is 0.588. The molecular weight excluding hydrogens is 230 g/mol. The van der Waals surface area contributed by atoms with Crippen molar-refractivity contribution in [2.75, 3.05) is 33.0 Å². The maximum absolute atomic E-state index is 9.78. The summed E-state index contributed by atoms with van der Waals surface area (Å²) in [6.45, 7) is 4.89. The van der Waals surface area contributed by atoms with Crippen LogP contribution in [-0.2, 0) is 9.47 Å². The van der Waals surface area contributed by atoms with Crippen LogP contribution in [0.1, 0.15) is 45.4 Å².